The van der Waals surface area contributed by atoms with Crippen LogP contribution in [0, 0.1) is 0 Å². The van der Waals surface area contributed by atoms with Crippen molar-refractivity contribution in [3.63, 3.8) is 0 Å². The Hall–Kier alpha value is -1.87. The lowest BCUT2D eigenvalue weighted by molar-refractivity contribution is 0.0600. The second-order valence-electron chi connectivity index (χ2n) is 8.63. The van der Waals surface area contributed by atoms with E-state index in [0.717, 1.165) is 10.0 Å². The predicted octanol–water partition coefficient (Wildman–Crippen LogP) is 6.76. The summed E-state index contributed by atoms with van der Waals surface area (Å²) in [4.78, 5) is 11.6. The molecule has 1 aliphatic carbocycles. The van der Waals surface area contributed by atoms with Crippen molar-refractivity contribution < 1.29 is 9.53 Å². The van der Waals surface area contributed by atoms with E-state index in [0.29, 0.717) is 5.56 Å². The van der Waals surface area contributed by atoms with Crippen LogP contribution in [0.25, 0.3) is 12.2 Å². The van der Waals surface area contributed by atoms with Crippen LogP contribution in [0.4, 0.5) is 0 Å². The van der Waals surface area contributed by atoms with E-state index in [-0.39, 0.29) is 16.8 Å². The number of fused-ring (bicyclic) bond motifs is 1. The highest BCUT2D eigenvalue weighted by Gasteiger charge is 2.37. The number of carbonyl (C=O) groups is 1. The average Bonchev–Trinajstić information content (AvgIpc) is 2.64. The van der Waals surface area contributed by atoms with Crippen LogP contribution in [0.2, 0.25) is 0 Å². The zero-order chi connectivity index (χ0) is 19.8. The SMILES string of the molecule is COC(=O)c1ccc(C=Cc2cc3c(cc2Br)C(C)(C)CCC3(C)C)cc1. The van der Waals surface area contributed by atoms with Crippen LogP contribution in [0.5, 0.6) is 0 Å². The first-order valence-corrected chi connectivity index (χ1v) is 10.1. The normalized spacial score (nSPS) is 17.6. The average molecular weight is 427 g/mol. The van der Waals surface area contributed by atoms with Gasteiger partial charge in [0.15, 0.2) is 0 Å². The minimum atomic E-state index is -0.312. The second kappa shape index (κ2) is 7.27. The number of hydrogen-bond acceptors (Lipinski definition) is 2. The van der Waals surface area contributed by atoms with Crippen LogP contribution >= 0.6 is 15.9 Å². The molecule has 0 aromatic heterocycles. The summed E-state index contributed by atoms with van der Waals surface area (Å²) < 4.78 is 5.87. The fourth-order valence-corrected chi connectivity index (χ4v) is 4.24. The van der Waals surface area contributed by atoms with Gasteiger partial charge in [-0.2, -0.15) is 0 Å². The molecule has 2 nitrogen and oxygen atoms in total. The van der Waals surface area contributed by atoms with E-state index in [1.807, 2.05) is 12.1 Å². The van der Waals surface area contributed by atoms with Crippen LogP contribution in [-0.2, 0) is 15.6 Å². The molecule has 0 bridgehead atoms. The summed E-state index contributed by atoms with van der Waals surface area (Å²) in [5.41, 5.74) is 6.08. The molecule has 0 unspecified atom stereocenters. The van der Waals surface area contributed by atoms with Crippen LogP contribution in [0.3, 0.4) is 0 Å². The van der Waals surface area contributed by atoms with Gasteiger partial charge in [-0.3, -0.25) is 0 Å². The van der Waals surface area contributed by atoms with E-state index < -0.39 is 0 Å². The Morgan fingerprint density at radius 2 is 1.52 bits per heavy atom. The highest BCUT2D eigenvalue weighted by Crippen LogP contribution is 2.47. The fraction of sp³-hybridized carbons (Fsp3) is 0.375. The standard InChI is InChI=1S/C24H27BrO2/c1-23(2)12-13-24(3,4)20-15-21(25)18(14-19(20)23)11-8-16-6-9-17(10-7-16)22(26)27-5/h6-11,14-15H,12-13H2,1-5H3. The summed E-state index contributed by atoms with van der Waals surface area (Å²) >= 11 is 3.77. The molecule has 27 heavy (non-hydrogen) atoms. The first-order chi connectivity index (χ1) is 12.6. The Labute approximate surface area is 170 Å². The number of hydrogen-bond donors (Lipinski definition) is 0. The Morgan fingerprint density at radius 1 is 0.963 bits per heavy atom. The molecule has 0 radical (unpaired) electrons. The Bertz CT molecular complexity index is 889. The molecule has 2 aromatic carbocycles. The van der Waals surface area contributed by atoms with Gasteiger partial charge in [0.2, 0.25) is 0 Å². The smallest absolute Gasteiger partial charge is 0.337 e. The van der Waals surface area contributed by atoms with E-state index in [1.54, 1.807) is 12.1 Å². The van der Waals surface area contributed by atoms with E-state index in [4.69, 9.17) is 4.74 Å². The minimum absolute atomic E-state index is 0.191. The minimum Gasteiger partial charge on any atom is -0.465 e. The quantitative estimate of drug-likeness (QED) is 0.400. The molecule has 0 aliphatic heterocycles. The van der Waals surface area contributed by atoms with Gasteiger partial charge in [-0.25, -0.2) is 4.79 Å². The number of rotatable bonds is 3. The Kier molecular flexibility index (Phi) is 5.36. The first kappa shape index (κ1) is 19.9. The number of methoxy groups -OCH3 is 1. The molecule has 0 spiro atoms. The lowest BCUT2D eigenvalue weighted by Crippen LogP contribution is -2.33. The van der Waals surface area contributed by atoms with Crippen molar-refractivity contribution in [2.75, 3.05) is 7.11 Å². The van der Waals surface area contributed by atoms with Gasteiger partial charge in [-0.05, 0) is 70.2 Å². The molecule has 3 rings (SSSR count). The lowest BCUT2D eigenvalue weighted by Gasteiger charge is -2.42. The maximum atomic E-state index is 11.6. The third-order valence-corrected chi connectivity index (χ3v) is 6.44. The van der Waals surface area contributed by atoms with Gasteiger partial charge in [-0.15, -0.1) is 0 Å². The number of ether oxygens (including phenoxy) is 1. The molecule has 142 valence electrons. The molecule has 1 aliphatic rings. The molecule has 0 amide bonds. The summed E-state index contributed by atoms with van der Waals surface area (Å²) in [6.07, 6.45) is 6.62. The largest absolute Gasteiger partial charge is 0.465 e. The van der Waals surface area contributed by atoms with Crippen molar-refractivity contribution in [3.8, 4) is 0 Å². The topological polar surface area (TPSA) is 26.3 Å². The van der Waals surface area contributed by atoms with Crippen LogP contribution in [0.15, 0.2) is 40.9 Å². The molecule has 3 heteroatoms. The zero-order valence-electron chi connectivity index (χ0n) is 16.7. The maximum Gasteiger partial charge on any atom is 0.337 e. The molecular weight excluding hydrogens is 400 g/mol. The van der Waals surface area contributed by atoms with Gasteiger partial charge in [0.25, 0.3) is 0 Å². The van der Waals surface area contributed by atoms with E-state index in [1.165, 1.54) is 36.6 Å². The van der Waals surface area contributed by atoms with Crippen LogP contribution < -0.4 is 0 Å². The van der Waals surface area contributed by atoms with Gasteiger partial charge in [0.1, 0.15) is 0 Å². The van der Waals surface area contributed by atoms with Crippen molar-refractivity contribution in [1.82, 2.24) is 0 Å². The van der Waals surface area contributed by atoms with Crippen molar-refractivity contribution in [3.05, 3.63) is 68.7 Å². The second-order valence-corrected chi connectivity index (χ2v) is 9.49. The van der Waals surface area contributed by atoms with Crippen molar-refractivity contribution in [2.45, 2.75) is 51.4 Å². The Morgan fingerprint density at radius 3 is 2.07 bits per heavy atom. The number of halogens is 1. The van der Waals surface area contributed by atoms with Gasteiger partial charge < -0.3 is 4.74 Å². The summed E-state index contributed by atoms with van der Waals surface area (Å²) in [7, 11) is 1.40. The molecule has 2 aromatic rings. The fourth-order valence-electron chi connectivity index (χ4n) is 3.77. The summed E-state index contributed by atoms with van der Waals surface area (Å²) in [5, 5.41) is 0. The lowest BCUT2D eigenvalue weighted by atomic mass is 9.63. The molecule has 0 atom stereocenters. The van der Waals surface area contributed by atoms with E-state index >= 15 is 0 Å². The number of benzene rings is 2. The van der Waals surface area contributed by atoms with E-state index in [9.17, 15) is 4.79 Å². The number of carbonyl (C=O) groups excluding carboxylic acids is 1. The third kappa shape index (κ3) is 4.03. The molecule has 0 heterocycles. The molecule has 0 fully saturated rings. The monoisotopic (exact) mass is 426 g/mol. The Balaban J connectivity index is 1.94. The van der Waals surface area contributed by atoms with Crippen molar-refractivity contribution >= 4 is 34.1 Å². The maximum absolute atomic E-state index is 11.6. The van der Waals surface area contributed by atoms with Crippen LogP contribution in [-0.4, -0.2) is 13.1 Å². The summed E-state index contributed by atoms with van der Waals surface area (Å²) in [5.74, 6) is -0.312. The molecule has 0 N–H and O–H groups in total. The van der Waals surface area contributed by atoms with Gasteiger partial charge in [0.05, 0.1) is 12.7 Å². The third-order valence-electron chi connectivity index (χ3n) is 5.76. The van der Waals surface area contributed by atoms with Crippen LogP contribution in [0.1, 0.15) is 73.1 Å². The van der Waals surface area contributed by atoms with Crippen molar-refractivity contribution in [2.24, 2.45) is 0 Å². The first-order valence-electron chi connectivity index (χ1n) is 9.35. The van der Waals surface area contributed by atoms with Gasteiger partial charge >= 0.3 is 5.97 Å². The van der Waals surface area contributed by atoms with Crippen molar-refractivity contribution in [1.29, 1.82) is 0 Å². The summed E-state index contributed by atoms with van der Waals surface area (Å²) in [6, 6.07) is 12.1. The summed E-state index contributed by atoms with van der Waals surface area (Å²) in [6.45, 7) is 9.36. The highest BCUT2D eigenvalue weighted by molar-refractivity contribution is 9.10. The highest BCUT2D eigenvalue weighted by atomic mass is 79.9. The van der Waals surface area contributed by atoms with Gasteiger partial charge in [0, 0.05) is 4.47 Å². The van der Waals surface area contributed by atoms with E-state index in [2.05, 4.69) is 67.9 Å². The predicted molar refractivity (Wildman–Crippen MR) is 116 cm³/mol. The molecule has 0 saturated carbocycles. The zero-order valence-corrected chi connectivity index (χ0v) is 18.3. The van der Waals surface area contributed by atoms with Gasteiger partial charge in [-0.1, -0.05) is 67.9 Å². The molecular formula is C24H27BrO2. The molecule has 0 saturated heterocycles. The number of esters is 1.